The van der Waals surface area contributed by atoms with E-state index in [1.54, 1.807) is 0 Å². The van der Waals surface area contributed by atoms with Gasteiger partial charge in [0, 0.05) is 25.3 Å². The number of ether oxygens (including phenoxy) is 1. The maximum Gasteiger partial charge on any atom is 0.230 e. The van der Waals surface area contributed by atoms with Crippen molar-refractivity contribution >= 4 is 11.6 Å². The number of fused-ring (bicyclic) bond motifs is 2. The Morgan fingerprint density at radius 3 is 2.81 bits per heavy atom. The highest BCUT2D eigenvalue weighted by molar-refractivity contribution is 5.93. The molecule has 0 aromatic heterocycles. The zero-order valence-electron chi connectivity index (χ0n) is 12.8. The standard InChI is InChI=1S/C17H24N2O2/c1-12(2)9-19-10-14-8-15(16(11-19)21-14)17(20)18-13-6-4-3-5-7-13/h3-7,12,14-16H,8-11H2,1-2H3,(H,18,20)/t14-,15+,16-/m1/s1. The van der Waals surface area contributed by atoms with Crippen molar-refractivity contribution < 1.29 is 9.53 Å². The molecule has 0 aliphatic carbocycles. The van der Waals surface area contributed by atoms with Gasteiger partial charge in [-0.15, -0.1) is 0 Å². The number of hydrogen-bond acceptors (Lipinski definition) is 3. The number of amides is 1. The third-order valence-electron chi connectivity index (χ3n) is 4.23. The van der Waals surface area contributed by atoms with E-state index in [9.17, 15) is 4.79 Å². The monoisotopic (exact) mass is 288 g/mol. The lowest BCUT2D eigenvalue weighted by atomic mass is 9.99. The van der Waals surface area contributed by atoms with E-state index in [0.717, 1.165) is 31.7 Å². The molecule has 2 saturated heterocycles. The van der Waals surface area contributed by atoms with Crippen LogP contribution < -0.4 is 5.32 Å². The van der Waals surface area contributed by atoms with Gasteiger partial charge in [0.15, 0.2) is 0 Å². The smallest absolute Gasteiger partial charge is 0.230 e. The molecule has 2 heterocycles. The second-order valence-electron chi connectivity index (χ2n) is 6.61. The molecule has 0 unspecified atom stereocenters. The molecule has 114 valence electrons. The molecule has 21 heavy (non-hydrogen) atoms. The topological polar surface area (TPSA) is 41.6 Å². The summed E-state index contributed by atoms with van der Waals surface area (Å²) in [5.41, 5.74) is 0.864. The van der Waals surface area contributed by atoms with Gasteiger partial charge in [-0.1, -0.05) is 32.0 Å². The second kappa shape index (κ2) is 6.16. The molecule has 1 aromatic rings. The van der Waals surface area contributed by atoms with Crippen LogP contribution in [0.5, 0.6) is 0 Å². The Hall–Kier alpha value is -1.39. The number of carbonyl (C=O) groups excluding carboxylic acids is 1. The first-order chi connectivity index (χ1) is 10.1. The van der Waals surface area contributed by atoms with Gasteiger partial charge in [0.25, 0.3) is 0 Å². The van der Waals surface area contributed by atoms with Crippen molar-refractivity contribution in [3.8, 4) is 0 Å². The van der Waals surface area contributed by atoms with E-state index in [1.807, 2.05) is 30.3 Å². The summed E-state index contributed by atoms with van der Waals surface area (Å²) in [6, 6.07) is 9.66. The number of para-hydroxylation sites is 1. The molecule has 2 aliphatic heterocycles. The molecule has 0 saturated carbocycles. The number of nitrogens with zero attached hydrogens (tertiary/aromatic N) is 1. The molecule has 1 amide bonds. The summed E-state index contributed by atoms with van der Waals surface area (Å²) < 4.78 is 5.98. The Morgan fingerprint density at radius 2 is 2.10 bits per heavy atom. The zero-order valence-corrected chi connectivity index (χ0v) is 12.8. The number of hydrogen-bond donors (Lipinski definition) is 1. The lowest BCUT2D eigenvalue weighted by Crippen LogP contribution is -2.45. The van der Waals surface area contributed by atoms with Crippen LogP contribution in [0.3, 0.4) is 0 Å². The third-order valence-corrected chi connectivity index (χ3v) is 4.23. The van der Waals surface area contributed by atoms with E-state index in [4.69, 9.17) is 4.74 Å². The number of morpholine rings is 1. The maximum absolute atomic E-state index is 12.5. The highest BCUT2D eigenvalue weighted by Gasteiger charge is 2.44. The lowest BCUT2D eigenvalue weighted by molar-refractivity contribution is -0.123. The van der Waals surface area contributed by atoms with Crippen LogP contribution in [0.1, 0.15) is 20.3 Å². The Morgan fingerprint density at radius 1 is 1.33 bits per heavy atom. The summed E-state index contributed by atoms with van der Waals surface area (Å²) >= 11 is 0. The first-order valence-electron chi connectivity index (χ1n) is 7.85. The molecule has 2 fully saturated rings. The predicted octanol–water partition coefficient (Wildman–Crippen LogP) is 2.37. The molecule has 0 spiro atoms. The van der Waals surface area contributed by atoms with E-state index in [0.29, 0.717) is 5.92 Å². The van der Waals surface area contributed by atoms with Gasteiger partial charge in [0.1, 0.15) is 0 Å². The summed E-state index contributed by atoms with van der Waals surface area (Å²) in [7, 11) is 0. The fraction of sp³-hybridized carbons (Fsp3) is 0.588. The van der Waals surface area contributed by atoms with E-state index in [-0.39, 0.29) is 24.0 Å². The van der Waals surface area contributed by atoms with Crippen LogP contribution in [-0.2, 0) is 9.53 Å². The van der Waals surface area contributed by atoms with Crippen LogP contribution in [0, 0.1) is 11.8 Å². The molecule has 2 aliphatic rings. The molecule has 3 atom stereocenters. The van der Waals surface area contributed by atoms with Crippen molar-refractivity contribution in [2.24, 2.45) is 11.8 Å². The van der Waals surface area contributed by atoms with Crippen LogP contribution in [-0.4, -0.2) is 42.6 Å². The van der Waals surface area contributed by atoms with E-state index >= 15 is 0 Å². The largest absolute Gasteiger partial charge is 0.371 e. The van der Waals surface area contributed by atoms with Gasteiger partial charge in [0.05, 0.1) is 18.1 Å². The Balaban J connectivity index is 1.61. The zero-order chi connectivity index (χ0) is 14.8. The SMILES string of the molecule is CC(C)CN1C[C@H]2C[C@H](C(=O)Nc3ccccc3)[C@@H](C1)O2. The second-order valence-corrected chi connectivity index (χ2v) is 6.61. The average Bonchev–Trinajstić information content (AvgIpc) is 2.74. The molecule has 4 nitrogen and oxygen atoms in total. The minimum absolute atomic E-state index is 0.0210. The average molecular weight is 288 g/mol. The van der Waals surface area contributed by atoms with Crippen LogP contribution in [0.4, 0.5) is 5.69 Å². The molecular formula is C17H24N2O2. The normalized spacial score (nSPS) is 28.8. The fourth-order valence-electron chi connectivity index (χ4n) is 3.44. The number of rotatable bonds is 4. The Kier molecular flexibility index (Phi) is 4.27. The molecule has 4 heteroatoms. The van der Waals surface area contributed by atoms with Crippen LogP contribution >= 0.6 is 0 Å². The lowest BCUT2D eigenvalue weighted by Gasteiger charge is -2.33. The van der Waals surface area contributed by atoms with Crippen molar-refractivity contribution in [3.05, 3.63) is 30.3 Å². The minimum atomic E-state index is -0.0210. The summed E-state index contributed by atoms with van der Waals surface area (Å²) in [5.74, 6) is 0.728. The molecule has 3 rings (SSSR count). The van der Waals surface area contributed by atoms with Crippen LogP contribution in [0.25, 0.3) is 0 Å². The minimum Gasteiger partial charge on any atom is -0.371 e. The molecular weight excluding hydrogens is 264 g/mol. The van der Waals surface area contributed by atoms with Gasteiger partial charge in [-0.3, -0.25) is 9.69 Å². The van der Waals surface area contributed by atoms with Gasteiger partial charge in [0.2, 0.25) is 5.91 Å². The number of anilines is 1. The van der Waals surface area contributed by atoms with Crippen molar-refractivity contribution in [3.63, 3.8) is 0 Å². The first-order valence-corrected chi connectivity index (χ1v) is 7.85. The summed E-state index contributed by atoms with van der Waals surface area (Å²) in [4.78, 5) is 14.9. The fourth-order valence-corrected chi connectivity index (χ4v) is 3.44. The first kappa shape index (κ1) is 14.5. The van der Waals surface area contributed by atoms with E-state index in [2.05, 4.69) is 24.1 Å². The van der Waals surface area contributed by atoms with Crippen molar-refractivity contribution in [1.29, 1.82) is 0 Å². The maximum atomic E-state index is 12.5. The Bertz CT molecular complexity index is 489. The number of benzene rings is 1. The molecule has 0 radical (unpaired) electrons. The van der Waals surface area contributed by atoms with Crippen molar-refractivity contribution in [2.75, 3.05) is 25.0 Å². The van der Waals surface area contributed by atoms with Gasteiger partial charge in [-0.05, 0) is 24.5 Å². The van der Waals surface area contributed by atoms with Crippen LogP contribution in [0.15, 0.2) is 30.3 Å². The molecule has 1 N–H and O–H groups in total. The van der Waals surface area contributed by atoms with Gasteiger partial charge >= 0.3 is 0 Å². The molecule has 1 aromatic carbocycles. The quantitative estimate of drug-likeness (QED) is 0.925. The van der Waals surface area contributed by atoms with Gasteiger partial charge in [-0.2, -0.15) is 0 Å². The summed E-state index contributed by atoms with van der Waals surface area (Å²) in [6.07, 6.45) is 1.11. The molecule has 2 bridgehead atoms. The summed E-state index contributed by atoms with van der Waals surface area (Å²) in [5, 5.41) is 3.01. The highest BCUT2D eigenvalue weighted by atomic mass is 16.5. The van der Waals surface area contributed by atoms with Crippen LogP contribution in [0.2, 0.25) is 0 Å². The third kappa shape index (κ3) is 3.44. The number of carbonyl (C=O) groups is 1. The number of likely N-dealkylation sites (tertiary alicyclic amines) is 1. The van der Waals surface area contributed by atoms with Crippen molar-refractivity contribution in [2.45, 2.75) is 32.5 Å². The Labute approximate surface area is 126 Å². The van der Waals surface area contributed by atoms with Gasteiger partial charge < -0.3 is 10.1 Å². The highest BCUT2D eigenvalue weighted by Crippen LogP contribution is 2.33. The van der Waals surface area contributed by atoms with Gasteiger partial charge in [-0.25, -0.2) is 0 Å². The van der Waals surface area contributed by atoms with Crippen molar-refractivity contribution in [1.82, 2.24) is 4.90 Å². The van der Waals surface area contributed by atoms with E-state index < -0.39 is 0 Å². The predicted molar refractivity (Wildman–Crippen MR) is 83.1 cm³/mol. The van der Waals surface area contributed by atoms with E-state index in [1.165, 1.54) is 0 Å². The summed E-state index contributed by atoms with van der Waals surface area (Å²) in [6.45, 7) is 7.39. The number of nitrogens with one attached hydrogen (secondary N) is 1.